The number of aliphatic hydroxyl groups excluding tert-OH is 1. The van der Waals surface area contributed by atoms with Gasteiger partial charge in [-0.25, -0.2) is 5.84 Å². The molecule has 5 nitrogen and oxygen atoms in total. The first-order valence-corrected chi connectivity index (χ1v) is 6.05. The summed E-state index contributed by atoms with van der Waals surface area (Å²) in [5.41, 5.74) is 2.14. The minimum atomic E-state index is -0.121. The van der Waals surface area contributed by atoms with Crippen molar-refractivity contribution >= 4 is 5.91 Å². The fourth-order valence-electron chi connectivity index (χ4n) is 2.38. The lowest BCUT2D eigenvalue weighted by Gasteiger charge is -2.39. The van der Waals surface area contributed by atoms with E-state index in [0.29, 0.717) is 12.5 Å². The van der Waals surface area contributed by atoms with Gasteiger partial charge < -0.3 is 5.11 Å². The van der Waals surface area contributed by atoms with Crippen molar-refractivity contribution in [1.82, 2.24) is 10.3 Å². The summed E-state index contributed by atoms with van der Waals surface area (Å²) in [5.74, 6) is 4.92. The summed E-state index contributed by atoms with van der Waals surface area (Å²) < 4.78 is 0. The van der Waals surface area contributed by atoms with Gasteiger partial charge in [-0.05, 0) is 32.7 Å². The molecule has 0 aromatic heterocycles. The zero-order valence-corrected chi connectivity index (χ0v) is 9.98. The summed E-state index contributed by atoms with van der Waals surface area (Å²) in [6.07, 6.45) is 4.68. The number of rotatable bonds is 5. The van der Waals surface area contributed by atoms with Gasteiger partial charge in [-0.1, -0.05) is 6.42 Å². The summed E-state index contributed by atoms with van der Waals surface area (Å²) in [6, 6.07) is 0.597. The molecule has 0 aliphatic carbocycles. The predicted octanol–water partition coefficient (Wildman–Crippen LogP) is -0.00820. The van der Waals surface area contributed by atoms with Crippen molar-refractivity contribution in [2.45, 2.75) is 51.1 Å². The topological polar surface area (TPSA) is 78.6 Å². The molecule has 4 N–H and O–H groups in total. The van der Waals surface area contributed by atoms with Gasteiger partial charge in [0.1, 0.15) is 0 Å². The minimum Gasteiger partial charge on any atom is -0.395 e. The molecule has 94 valence electrons. The second kappa shape index (κ2) is 6.83. The van der Waals surface area contributed by atoms with Crippen LogP contribution in [0.5, 0.6) is 0 Å². The third kappa shape index (κ3) is 3.73. The number of piperidine rings is 1. The van der Waals surface area contributed by atoms with Crippen LogP contribution in [-0.4, -0.2) is 41.1 Å². The number of hydrogen-bond donors (Lipinski definition) is 3. The van der Waals surface area contributed by atoms with Crippen LogP contribution >= 0.6 is 0 Å². The Bertz CT molecular complexity index is 223. The molecular formula is C11H23N3O2. The Kier molecular flexibility index (Phi) is 5.73. The zero-order chi connectivity index (χ0) is 12.0. The largest absolute Gasteiger partial charge is 0.395 e. The molecule has 0 radical (unpaired) electrons. The van der Waals surface area contributed by atoms with E-state index in [-0.39, 0.29) is 18.6 Å². The molecule has 0 aromatic rings. The third-order valence-corrected chi connectivity index (χ3v) is 3.40. The van der Waals surface area contributed by atoms with Crippen LogP contribution in [0.1, 0.15) is 39.0 Å². The van der Waals surface area contributed by atoms with Crippen LogP contribution in [0.25, 0.3) is 0 Å². The van der Waals surface area contributed by atoms with Crippen molar-refractivity contribution in [2.75, 3.05) is 13.2 Å². The van der Waals surface area contributed by atoms with Crippen molar-refractivity contribution in [3.8, 4) is 0 Å². The van der Waals surface area contributed by atoms with E-state index in [1.165, 1.54) is 12.8 Å². The molecule has 0 saturated carbocycles. The van der Waals surface area contributed by atoms with Crippen LogP contribution in [-0.2, 0) is 4.79 Å². The second-order valence-electron chi connectivity index (χ2n) is 4.53. The summed E-state index contributed by atoms with van der Waals surface area (Å²) in [5, 5.41) is 9.29. The van der Waals surface area contributed by atoms with E-state index in [1.54, 1.807) is 0 Å². The van der Waals surface area contributed by atoms with Crippen LogP contribution in [0.2, 0.25) is 0 Å². The molecule has 1 amide bonds. The van der Waals surface area contributed by atoms with Crippen LogP contribution in [0, 0.1) is 0 Å². The number of likely N-dealkylation sites (tertiary alicyclic amines) is 1. The molecule has 1 aliphatic rings. The van der Waals surface area contributed by atoms with Gasteiger partial charge in [-0.15, -0.1) is 0 Å². The number of hydrogen-bond acceptors (Lipinski definition) is 4. The summed E-state index contributed by atoms with van der Waals surface area (Å²) in [7, 11) is 0. The first kappa shape index (κ1) is 13.4. The van der Waals surface area contributed by atoms with E-state index >= 15 is 0 Å². The Morgan fingerprint density at radius 3 is 3.00 bits per heavy atom. The van der Waals surface area contributed by atoms with E-state index < -0.39 is 0 Å². The standard InChI is InChI=1S/C11H23N3O2/c1-9(5-6-11(16)13-12)14-7-3-2-4-10(14)8-15/h9-10,15H,2-8,12H2,1H3,(H,13,16). The van der Waals surface area contributed by atoms with Crippen molar-refractivity contribution in [3.05, 3.63) is 0 Å². The molecule has 5 heteroatoms. The van der Waals surface area contributed by atoms with Crippen LogP contribution in [0.3, 0.4) is 0 Å². The quantitative estimate of drug-likeness (QED) is 0.352. The van der Waals surface area contributed by atoms with Gasteiger partial charge in [0, 0.05) is 18.5 Å². The Morgan fingerprint density at radius 1 is 1.62 bits per heavy atom. The van der Waals surface area contributed by atoms with Gasteiger partial charge in [-0.3, -0.25) is 15.1 Å². The van der Waals surface area contributed by atoms with E-state index in [2.05, 4.69) is 17.2 Å². The lowest BCUT2D eigenvalue weighted by molar-refractivity contribution is -0.121. The molecule has 1 heterocycles. The number of carbonyl (C=O) groups excluding carboxylic acids is 1. The highest BCUT2D eigenvalue weighted by atomic mass is 16.3. The third-order valence-electron chi connectivity index (χ3n) is 3.40. The molecule has 0 aromatic carbocycles. The smallest absolute Gasteiger partial charge is 0.233 e. The van der Waals surface area contributed by atoms with E-state index in [4.69, 9.17) is 5.84 Å². The molecule has 1 saturated heterocycles. The molecule has 2 atom stereocenters. The lowest BCUT2D eigenvalue weighted by Crippen LogP contribution is -2.47. The molecule has 2 unspecified atom stereocenters. The normalized spacial score (nSPS) is 24.1. The number of nitrogens with one attached hydrogen (secondary N) is 1. The minimum absolute atomic E-state index is 0.121. The van der Waals surface area contributed by atoms with Gasteiger partial charge >= 0.3 is 0 Å². The average molecular weight is 229 g/mol. The molecule has 16 heavy (non-hydrogen) atoms. The number of carbonyl (C=O) groups is 1. The summed E-state index contributed by atoms with van der Waals surface area (Å²) in [4.78, 5) is 13.4. The second-order valence-corrected chi connectivity index (χ2v) is 4.53. The van der Waals surface area contributed by atoms with Crippen LogP contribution in [0.4, 0.5) is 0 Å². The lowest BCUT2D eigenvalue weighted by atomic mass is 9.99. The predicted molar refractivity (Wildman–Crippen MR) is 62.5 cm³/mol. The highest BCUT2D eigenvalue weighted by Gasteiger charge is 2.25. The van der Waals surface area contributed by atoms with Crippen molar-refractivity contribution in [1.29, 1.82) is 0 Å². The molecular weight excluding hydrogens is 206 g/mol. The number of hydrazine groups is 1. The Morgan fingerprint density at radius 2 is 2.38 bits per heavy atom. The van der Waals surface area contributed by atoms with E-state index in [0.717, 1.165) is 19.4 Å². The molecule has 1 fully saturated rings. The summed E-state index contributed by atoms with van der Waals surface area (Å²) in [6.45, 7) is 3.35. The maximum atomic E-state index is 11.0. The van der Waals surface area contributed by atoms with Gasteiger partial charge in [-0.2, -0.15) is 0 Å². The number of amides is 1. The van der Waals surface area contributed by atoms with Gasteiger partial charge in [0.25, 0.3) is 0 Å². The molecule has 1 aliphatic heterocycles. The molecule has 1 rings (SSSR count). The highest BCUT2D eigenvalue weighted by Crippen LogP contribution is 2.21. The maximum Gasteiger partial charge on any atom is 0.233 e. The zero-order valence-electron chi connectivity index (χ0n) is 9.98. The maximum absolute atomic E-state index is 11.0. The van der Waals surface area contributed by atoms with Crippen molar-refractivity contribution < 1.29 is 9.90 Å². The number of aliphatic hydroxyl groups is 1. The molecule has 0 spiro atoms. The average Bonchev–Trinajstić information content (AvgIpc) is 2.35. The Balaban J connectivity index is 2.38. The number of nitrogens with two attached hydrogens (primary N) is 1. The van der Waals surface area contributed by atoms with E-state index in [9.17, 15) is 9.90 Å². The Hall–Kier alpha value is -0.650. The number of nitrogens with zero attached hydrogens (tertiary/aromatic N) is 1. The monoisotopic (exact) mass is 229 g/mol. The van der Waals surface area contributed by atoms with Gasteiger partial charge in [0.2, 0.25) is 5.91 Å². The van der Waals surface area contributed by atoms with Gasteiger partial charge in [0.05, 0.1) is 6.61 Å². The van der Waals surface area contributed by atoms with Crippen LogP contribution < -0.4 is 11.3 Å². The first-order chi connectivity index (χ1) is 7.69. The van der Waals surface area contributed by atoms with Gasteiger partial charge in [0.15, 0.2) is 0 Å². The fraction of sp³-hybridized carbons (Fsp3) is 0.909. The highest BCUT2D eigenvalue weighted by molar-refractivity contribution is 5.75. The SMILES string of the molecule is CC(CCC(=O)NN)N1CCCCC1CO. The first-order valence-electron chi connectivity index (χ1n) is 6.05. The van der Waals surface area contributed by atoms with Crippen molar-refractivity contribution in [3.63, 3.8) is 0 Å². The fourth-order valence-corrected chi connectivity index (χ4v) is 2.38. The summed E-state index contributed by atoms with van der Waals surface area (Å²) >= 11 is 0. The van der Waals surface area contributed by atoms with E-state index in [1.807, 2.05) is 0 Å². The van der Waals surface area contributed by atoms with Crippen molar-refractivity contribution in [2.24, 2.45) is 5.84 Å². The van der Waals surface area contributed by atoms with Crippen LogP contribution in [0.15, 0.2) is 0 Å². The molecule has 0 bridgehead atoms. The Labute approximate surface area is 97.0 Å².